The molecule has 0 bridgehead atoms. The lowest BCUT2D eigenvalue weighted by molar-refractivity contribution is -0.127. The van der Waals surface area contributed by atoms with Gasteiger partial charge in [-0.1, -0.05) is 35.9 Å². The highest BCUT2D eigenvalue weighted by Crippen LogP contribution is 2.22. The third-order valence-corrected chi connectivity index (χ3v) is 5.51. The summed E-state index contributed by atoms with van der Waals surface area (Å²) in [5.74, 6) is 0.537. The minimum Gasteiger partial charge on any atom is -0.481 e. The van der Waals surface area contributed by atoms with Gasteiger partial charge in [0.2, 0.25) is 0 Å². The minimum atomic E-state index is -0.580. The van der Waals surface area contributed by atoms with Crippen LogP contribution in [0.15, 0.2) is 42.5 Å². The SMILES string of the molecule is Cc1cc(Cl)ccc1OC(C)C(=O)NCc1cccc(CN2CCN(C)CC2)c1. The van der Waals surface area contributed by atoms with Crippen LogP contribution in [0.2, 0.25) is 5.02 Å². The van der Waals surface area contributed by atoms with Crippen molar-refractivity contribution in [1.82, 2.24) is 15.1 Å². The molecule has 5 nitrogen and oxygen atoms in total. The van der Waals surface area contributed by atoms with Crippen LogP contribution in [0.5, 0.6) is 5.75 Å². The summed E-state index contributed by atoms with van der Waals surface area (Å²) in [4.78, 5) is 17.3. The maximum absolute atomic E-state index is 12.5. The van der Waals surface area contributed by atoms with Gasteiger partial charge in [0.15, 0.2) is 6.10 Å². The van der Waals surface area contributed by atoms with E-state index in [1.54, 1.807) is 19.1 Å². The standard InChI is InChI=1S/C23H30ClN3O2/c1-17-13-21(24)7-8-22(17)29-18(2)23(28)25-15-19-5-4-6-20(14-19)16-27-11-9-26(3)10-12-27/h4-8,13-14,18H,9-12,15-16H2,1-3H3,(H,25,28). The van der Waals surface area contributed by atoms with Crippen molar-refractivity contribution in [2.24, 2.45) is 0 Å². The number of rotatable bonds is 7. The van der Waals surface area contributed by atoms with Crippen molar-refractivity contribution in [3.8, 4) is 5.75 Å². The lowest BCUT2D eigenvalue weighted by Crippen LogP contribution is -2.43. The number of halogens is 1. The lowest BCUT2D eigenvalue weighted by atomic mass is 10.1. The number of ether oxygens (including phenoxy) is 1. The number of hydrogen-bond donors (Lipinski definition) is 1. The normalized spacial score (nSPS) is 16.4. The zero-order valence-corrected chi connectivity index (χ0v) is 18.2. The first-order valence-electron chi connectivity index (χ1n) is 10.1. The van der Waals surface area contributed by atoms with Gasteiger partial charge in [-0.25, -0.2) is 0 Å². The van der Waals surface area contributed by atoms with E-state index < -0.39 is 6.10 Å². The van der Waals surface area contributed by atoms with Crippen LogP contribution in [-0.4, -0.2) is 55.0 Å². The molecule has 1 aliphatic rings. The van der Waals surface area contributed by atoms with E-state index in [0.29, 0.717) is 17.3 Å². The second-order valence-electron chi connectivity index (χ2n) is 7.79. The van der Waals surface area contributed by atoms with E-state index in [-0.39, 0.29) is 5.91 Å². The predicted molar refractivity (Wildman–Crippen MR) is 117 cm³/mol. The quantitative estimate of drug-likeness (QED) is 0.752. The molecule has 156 valence electrons. The van der Waals surface area contributed by atoms with Gasteiger partial charge in [-0.2, -0.15) is 0 Å². The van der Waals surface area contributed by atoms with Crippen molar-refractivity contribution in [3.05, 3.63) is 64.2 Å². The van der Waals surface area contributed by atoms with Crippen LogP contribution in [0.1, 0.15) is 23.6 Å². The highest BCUT2D eigenvalue weighted by molar-refractivity contribution is 6.30. The Balaban J connectivity index is 1.50. The van der Waals surface area contributed by atoms with Gasteiger partial charge < -0.3 is 15.0 Å². The number of aryl methyl sites for hydroxylation is 1. The van der Waals surface area contributed by atoms with Crippen molar-refractivity contribution in [2.45, 2.75) is 33.0 Å². The Hall–Kier alpha value is -2.08. The highest BCUT2D eigenvalue weighted by Gasteiger charge is 2.16. The summed E-state index contributed by atoms with van der Waals surface area (Å²) >= 11 is 5.97. The summed E-state index contributed by atoms with van der Waals surface area (Å²) in [5, 5.41) is 3.63. The van der Waals surface area contributed by atoms with Crippen LogP contribution in [0.25, 0.3) is 0 Å². The zero-order valence-electron chi connectivity index (χ0n) is 17.5. The number of piperazine rings is 1. The number of carbonyl (C=O) groups is 1. The van der Waals surface area contributed by atoms with Crippen LogP contribution in [0, 0.1) is 6.92 Å². The number of nitrogens with one attached hydrogen (secondary N) is 1. The zero-order chi connectivity index (χ0) is 20.8. The summed E-state index contributed by atoms with van der Waals surface area (Å²) in [6, 6.07) is 13.8. The van der Waals surface area contributed by atoms with Gasteiger partial charge in [0.25, 0.3) is 5.91 Å². The average Bonchev–Trinajstić information content (AvgIpc) is 2.70. The molecule has 2 aromatic carbocycles. The Labute approximate surface area is 178 Å². The van der Waals surface area contributed by atoms with E-state index in [0.717, 1.165) is 43.9 Å². The molecule has 0 aromatic heterocycles. The number of nitrogens with zero attached hydrogens (tertiary/aromatic N) is 2. The van der Waals surface area contributed by atoms with Crippen LogP contribution in [0.3, 0.4) is 0 Å². The summed E-state index contributed by atoms with van der Waals surface area (Å²) < 4.78 is 5.80. The molecule has 0 saturated carbocycles. The maximum Gasteiger partial charge on any atom is 0.261 e. The molecule has 2 aromatic rings. The molecule has 1 atom stereocenters. The van der Waals surface area contributed by atoms with Crippen molar-refractivity contribution in [3.63, 3.8) is 0 Å². The predicted octanol–water partition coefficient (Wildman–Crippen LogP) is 3.48. The van der Waals surface area contributed by atoms with Gasteiger partial charge in [-0.3, -0.25) is 9.69 Å². The van der Waals surface area contributed by atoms with Crippen LogP contribution in [0.4, 0.5) is 0 Å². The fourth-order valence-electron chi connectivity index (χ4n) is 3.42. The molecule has 0 radical (unpaired) electrons. The van der Waals surface area contributed by atoms with E-state index in [1.165, 1.54) is 5.56 Å². The average molecular weight is 416 g/mol. The van der Waals surface area contributed by atoms with Crippen LogP contribution < -0.4 is 10.1 Å². The lowest BCUT2D eigenvalue weighted by Gasteiger charge is -2.32. The van der Waals surface area contributed by atoms with E-state index in [9.17, 15) is 4.79 Å². The molecule has 6 heteroatoms. The summed E-state index contributed by atoms with van der Waals surface area (Å²) in [7, 11) is 2.17. The third kappa shape index (κ3) is 6.46. The molecular weight excluding hydrogens is 386 g/mol. The van der Waals surface area contributed by atoms with Gasteiger partial charge in [0.05, 0.1) is 0 Å². The summed E-state index contributed by atoms with van der Waals surface area (Å²) in [6.07, 6.45) is -0.580. The summed E-state index contributed by atoms with van der Waals surface area (Å²) in [5.41, 5.74) is 3.29. The molecule has 1 heterocycles. The highest BCUT2D eigenvalue weighted by atomic mass is 35.5. The fourth-order valence-corrected chi connectivity index (χ4v) is 3.65. The van der Waals surface area contributed by atoms with Crippen LogP contribution in [-0.2, 0) is 17.9 Å². The second kappa shape index (κ2) is 10.1. The largest absolute Gasteiger partial charge is 0.481 e. The van der Waals surface area contributed by atoms with E-state index in [4.69, 9.17) is 16.3 Å². The Bertz CT molecular complexity index is 835. The van der Waals surface area contributed by atoms with Crippen molar-refractivity contribution >= 4 is 17.5 Å². The minimum absolute atomic E-state index is 0.135. The Morgan fingerprint density at radius 1 is 1.14 bits per heavy atom. The fraction of sp³-hybridized carbons (Fsp3) is 0.435. The van der Waals surface area contributed by atoms with E-state index in [2.05, 4.69) is 40.4 Å². The monoisotopic (exact) mass is 415 g/mol. The first-order valence-corrected chi connectivity index (χ1v) is 10.5. The van der Waals surface area contributed by atoms with E-state index >= 15 is 0 Å². The number of likely N-dealkylation sites (N-methyl/N-ethyl adjacent to an activating group) is 1. The Kier molecular flexibility index (Phi) is 7.53. The molecule has 1 unspecified atom stereocenters. The topological polar surface area (TPSA) is 44.8 Å². The third-order valence-electron chi connectivity index (χ3n) is 5.27. The summed E-state index contributed by atoms with van der Waals surface area (Å²) in [6.45, 7) is 9.52. The Morgan fingerprint density at radius 2 is 1.86 bits per heavy atom. The number of carbonyl (C=O) groups excluding carboxylic acids is 1. The molecule has 1 amide bonds. The number of hydrogen-bond acceptors (Lipinski definition) is 4. The first-order chi connectivity index (χ1) is 13.9. The van der Waals surface area contributed by atoms with Gasteiger partial charge in [0, 0.05) is 44.3 Å². The van der Waals surface area contributed by atoms with E-state index in [1.807, 2.05) is 19.1 Å². The maximum atomic E-state index is 12.5. The van der Waals surface area contributed by atoms with Crippen molar-refractivity contribution in [1.29, 1.82) is 0 Å². The molecule has 29 heavy (non-hydrogen) atoms. The molecule has 3 rings (SSSR count). The van der Waals surface area contributed by atoms with Crippen molar-refractivity contribution < 1.29 is 9.53 Å². The molecule has 1 N–H and O–H groups in total. The van der Waals surface area contributed by atoms with Gasteiger partial charge >= 0.3 is 0 Å². The smallest absolute Gasteiger partial charge is 0.261 e. The molecule has 0 spiro atoms. The molecule has 1 aliphatic heterocycles. The first kappa shape index (κ1) is 21.6. The second-order valence-corrected chi connectivity index (χ2v) is 8.22. The molecule has 1 saturated heterocycles. The number of benzene rings is 2. The van der Waals surface area contributed by atoms with Gasteiger partial charge in [-0.05, 0) is 55.8 Å². The van der Waals surface area contributed by atoms with Gasteiger partial charge in [-0.15, -0.1) is 0 Å². The number of amides is 1. The molecule has 0 aliphatic carbocycles. The van der Waals surface area contributed by atoms with Gasteiger partial charge in [0.1, 0.15) is 5.75 Å². The van der Waals surface area contributed by atoms with Crippen LogP contribution >= 0.6 is 11.6 Å². The van der Waals surface area contributed by atoms with Crippen molar-refractivity contribution in [2.75, 3.05) is 33.2 Å². The molecular formula is C23H30ClN3O2. The Morgan fingerprint density at radius 3 is 2.59 bits per heavy atom. The molecule has 1 fully saturated rings.